The molecule has 2 aromatic rings. The number of fused-ring (bicyclic) bond motifs is 5. The minimum absolute atomic E-state index is 0.0382. The molecule has 144 valence electrons. The molecule has 3 fully saturated rings. The van der Waals surface area contributed by atoms with Crippen LogP contribution in [0, 0.1) is 11.8 Å². The van der Waals surface area contributed by atoms with E-state index in [1.165, 1.54) is 0 Å². The van der Waals surface area contributed by atoms with E-state index in [1.807, 2.05) is 31.2 Å². The van der Waals surface area contributed by atoms with Gasteiger partial charge in [0.15, 0.2) is 11.6 Å². The first kappa shape index (κ1) is 18.4. The molecule has 2 heterocycles. The Morgan fingerprint density at radius 3 is 2.25 bits per heavy atom. The maximum atomic E-state index is 13.3. The summed E-state index contributed by atoms with van der Waals surface area (Å²) in [5.74, 6) is -1.12. The Labute approximate surface area is 174 Å². The predicted molar refractivity (Wildman–Crippen MR) is 109 cm³/mol. The predicted octanol–water partition coefficient (Wildman–Crippen LogP) is 5.25. The van der Waals surface area contributed by atoms with Gasteiger partial charge in [-0.15, -0.1) is 0 Å². The summed E-state index contributed by atoms with van der Waals surface area (Å²) in [6, 6.07) is 11.3. The number of ketones is 2. The topological polar surface area (TPSA) is 43.4 Å². The zero-order valence-electron chi connectivity index (χ0n) is 15.5. The molecule has 2 aromatic carbocycles. The van der Waals surface area contributed by atoms with E-state index in [2.05, 4.69) is 0 Å². The number of carbonyl (C=O) groups is 2. The second-order valence-corrected chi connectivity index (χ2v) is 8.81. The molecule has 2 aliphatic heterocycles. The van der Waals surface area contributed by atoms with Crippen molar-refractivity contribution in [2.75, 3.05) is 0 Å². The first-order chi connectivity index (χ1) is 13.5. The molecule has 0 amide bonds. The number of benzene rings is 2. The number of carbonyl (C=O) groups excluding carboxylic acids is 2. The van der Waals surface area contributed by atoms with Crippen LogP contribution in [0.1, 0.15) is 36.8 Å². The zero-order valence-corrected chi connectivity index (χ0v) is 17.0. The first-order valence-electron chi connectivity index (χ1n) is 9.80. The standard InChI is InChI=1S/C23H20Cl2O3/c1-2-11-3-4-12(14-6-5-13(24)10-16(14)25)9-15(11)19-22(26)20-17-7-8-18(28-17)21(20)23(19)27/h3-6,9-10,17-21H,2,7-8H2,1H3/t17-,18+,19?,20-,21+. The number of hydrogen-bond donors (Lipinski definition) is 0. The molecular formula is C23H20Cl2O3. The van der Waals surface area contributed by atoms with Gasteiger partial charge >= 0.3 is 0 Å². The Balaban J connectivity index is 1.60. The van der Waals surface area contributed by atoms with Crippen LogP contribution in [0.25, 0.3) is 11.1 Å². The number of rotatable bonds is 3. The van der Waals surface area contributed by atoms with Crippen molar-refractivity contribution < 1.29 is 14.3 Å². The fourth-order valence-electron chi connectivity index (χ4n) is 5.31. The van der Waals surface area contributed by atoms with Crippen molar-refractivity contribution in [3.63, 3.8) is 0 Å². The van der Waals surface area contributed by atoms with Crippen LogP contribution in [-0.4, -0.2) is 23.8 Å². The van der Waals surface area contributed by atoms with E-state index in [0.717, 1.165) is 41.5 Å². The molecule has 28 heavy (non-hydrogen) atoms. The second kappa shape index (κ2) is 6.69. The molecule has 0 radical (unpaired) electrons. The Morgan fingerprint density at radius 2 is 1.64 bits per heavy atom. The summed E-state index contributed by atoms with van der Waals surface area (Å²) in [5.41, 5.74) is 3.60. The third-order valence-electron chi connectivity index (χ3n) is 6.58. The average Bonchev–Trinajstić information content (AvgIpc) is 3.35. The van der Waals surface area contributed by atoms with Crippen molar-refractivity contribution in [1.82, 2.24) is 0 Å². The van der Waals surface area contributed by atoms with Crippen molar-refractivity contribution in [1.29, 1.82) is 0 Å². The van der Waals surface area contributed by atoms with Gasteiger partial charge in [-0.05, 0) is 54.2 Å². The lowest BCUT2D eigenvalue weighted by Gasteiger charge is -2.17. The molecular weight excluding hydrogens is 395 g/mol. The van der Waals surface area contributed by atoms with E-state index in [1.54, 1.807) is 12.1 Å². The fourth-order valence-corrected chi connectivity index (χ4v) is 5.83. The van der Waals surface area contributed by atoms with Crippen LogP contribution in [0.15, 0.2) is 36.4 Å². The molecule has 2 saturated heterocycles. The van der Waals surface area contributed by atoms with Gasteiger partial charge in [0.2, 0.25) is 0 Å². The SMILES string of the molecule is CCc1ccc(-c2ccc(Cl)cc2Cl)cc1C1C(=O)[C@@H]2[C@H](C1=O)[C@H]1CC[C@@H]2O1. The van der Waals surface area contributed by atoms with Crippen LogP contribution >= 0.6 is 23.2 Å². The highest BCUT2D eigenvalue weighted by atomic mass is 35.5. The van der Waals surface area contributed by atoms with Gasteiger partial charge in [0.25, 0.3) is 0 Å². The molecule has 5 rings (SSSR count). The summed E-state index contributed by atoms with van der Waals surface area (Å²) >= 11 is 12.4. The molecule has 5 heteroatoms. The Morgan fingerprint density at radius 1 is 0.964 bits per heavy atom. The summed E-state index contributed by atoms with van der Waals surface area (Å²) in [5, 5.41) is 1.12. The van der Waals surface area contributed by atoms with Gasteiger partial charge in [-0.25, -0.2) is 0 Å². The lowest BCUT2D eigenvalue weighted by Crippen LogP contribution is -2.29. The Hall–Kier alpha value is -1.68. The molecule has 3 aliphatic rings. The monoisotopic (exact) mass is 414 g/mol. The van der Waals surface area contributed by atoms with Crippen LogP contribution in [0.4, 0.5) is 0 Å². The highest BCUT2D eigenvalue weighted by molar-refractivity contribution is 6.36. The second-order valence-electron chi connectivity index (χ2n) is 7.97. The highest BCUT2D eigenvalue weighted by Crippen LogP contribution is 2.52. The van der Waals surface area contributed by atoms with Crippen molar-refractivity contribution in [2.45, 2.75) is 44.3 Å². The van der Waals surface area contributed by atoms with Crippen molar-refractivity contribution >= 4 is 34.8 Å². The van der Waals surface area contributed by atoms with Crippen LogP contribution in [0.3, 0.4) is 0 Å². The van der Waals surface area contributed by atoms with E-state index in [-0.39, 0.29) is 35.6 Å². The highest BCUT2D eigenvalue weighted by Gasteiger charge is 2.63. The zero-order chi connectivity index (χ0) is 19.6. The van der Waals surface area contributed by atoms with E-state index in [9.17, 15) is 9.59 Å². The minimum Gasteiger partial charge on any atom is -0.373 e. The van der Waals surface area contributed by atoms with E-state index >= 15 is 0 Å². The summed E-state index contributed by atoms with van der Waals surface area (Å²) in [4.78, 5) is 26.5. The molecule has 0 aromatic heterocycles. The Bertz CT molecular complexity index is 971. The molecule has 2 bridgehead atoms. The first-order valence-corrected chi connectivity index (χ1v) is 10.6. The molecule has 1 aliphatic carbocycles. The number of hydrogen-bond acceptors (Lipinski definition) is 3. The number of aryl methyl sites for hydroxylation is 1. The molecule has 1 unspecified atom stereocenters. The van der Waals surface area contributed by atoms with Gasteiger partial charge in [0.1, 0.15) is 5.92 Å². The van der Waals surface area contributed by atoms with Crippen LogP contribution in [0.5, 0.6) is 0 Å². The number of ether oxygens (including phenoxy) is 1. The summed E-state index contributed by atoms with van der Waals surface area (Å²) < 4.78 is 5.87. The number of halogens is 2. The lowest BCUT2D eigenvalue weighted by atomic mass is 9.81. The van der Waals surface area contributed by atoms with Gasteiger partial charge in [0, 0.05) is 15.6 Å². The molecule has 1 saturated carbocycles. The maximum absolute atomic E-state index is 13.3. The fraction of sp³-hybridized carbons (Fsp3) is 0.391. The molecule has 0 spiro atoms. The average molecular weight is 415 g/mol. The number of Topliss-reactive ketones (excluding diaryl/α,β-unsaturated/α-hetero) is 2. The van der Waals surface area contributed by atoms with Gasteiger partial charge in [0.05, 0.1) is 24.0 Å². The summed E-state index contributed by atoms with van der Waals surface area (Å²) in [7, 11) is 0. The smallest absolute Gasteiger partial charge is 0.154 e. The van der Waals surface area contributed by atoms with Gasteiger partial charge in [-0.2, -0.15) is 0 Å². The van der Waals surface area contributed by atoms with Gasteiger partial charge in [-0.3, -0.25) is 9.59 Å². The molecule has 0 N–H and O–H groups in total. The van der Waals surface area contributed by atoms with Crippen molar-refractivity contribution in [3.05, 3.63) is 57.6 Å². The van der Waals surface area contributed by atoms with E-state index < -0.39 is 5.92 Å². The lowest BCUT2D eigenvalue weighted by molar-refractivity contribution is -0.127. The quantitative estimate of drug-likeness (QED) is 0.643. The molecule has 3 nitrogen and oxygen atoms in total. The summed E-state index contributed by atoms with van der Waals surface area (Å²) in [6.07, 6.45) is 2.39. The van der Waals surface area contributed by atoms with Crippen LogP contribution in [-0.2, 0) is 20.7 Å². The summed E-state index contributed by atoms with van der Waals surface area (Å²) in [6.45, 7) is 2.05. The third-order valence-corrected chi connectivity index (χ3v) is 7.13. The van der Waals surface area contributed by atoms with E-state index in [4.69, 9.17) is 27.9 Å². The minimum atomic E-state index is -0.678. The molecule has 5 atom stereocenters. The van der Waals surface area contributed by atoms with Gasteiger partial charge < -0.3 is 4.74 Å². The third kappa shape index (κ3) is 2.60. The van der Waals surface area contributed by atoms with E-state index in [0.29, 0.717) is 10.0 Å². The van der Waals surface area contributed by atoms with Crippen LogP contribution in [0.2, 0.25) is 10.0 Å². The normalized spacial score (nSPS) is 30.9. The Kier molecular flexibility index (Phi) is 4.38. The largest absolute Gasteiger partial charge is 0.373 e. The van der Waals surface area contributed by atoms with Crippen molar-refractivity contribution in [3.8, 4) is 11.1 Å². The maximum Gasteiger partial charge on any atom is 0.154 e. The van der Waals surface area contributed by atoms with Crippen LogP contribution < -0.4 is 0 Å². The van der Waals surface area contributed by atoms with Gasteiger partial charge in [-0.1, -0.05) is 48.3 Å². The van der Waals surface area contributed by atoms with Crippen molar-refractivity contribution in [2.24, 2.45) is 11.8 Å².